The average Bonchev–Trinajstić information content (AvgIpc) is 2.16. The van der Waals surface area contributed by atoms with Crippen LogP contribution in [-0.2, 0) is 10.5 Å². The van der Waals surface area contributed by atoms with Gasteiger partial charge in [0.1, 0.15) is 0 Å². The number of carbonyl (C=O) groups excluding carboxylic acids is 1. The van der Waals surface area contributed by atoms with Crippen LogP contribution in [0.3, 0.4) is 0 Å². The molecule has 1 aromatic carbocycles. The summed E-state index contributed by atoms with van der Waals surface area (Å²) in [6.45, 7) is 0. The molecule has 1 atom stereocenters. The summed E-state index contributed by atoms with van der Waals surface area (Å²) >= 11 is 16.2. The third kappa shape index (κ3) is 2.02. The molecule has 1 rings (SSSR count). The molecule has 0 spiro atoms. The van der Waals surface area contributed by atoms with Gasteiger partial charge in [-0.2, -0.15) is 0 Å². The number of hydrogen-bond donors (Lipinski definition) is 0. The molecule has 0 aromatic heterocycles. The lowest BCUT2D eigenvalue weighted by Crippen LogP contribution is -2.37. The van der Waals surface area contributed by atoms with E-state index < -0.39 is 9.46 Å². The topological polar surface area (TPSA) is 17.1 Å². The number of benzene rings is 1. The Bertz CT molecular complexity index is 323. The molecule has 14 heavy (non-hydrogen) atoms. The highest BCUT2D eigenvalue weighted by Gasteiger charge is 2.51. The molecular weight excluding hydrogens is 249 g/mol. The summed E-state index contributed by atoms with van der Waals surface area (Å²) in [4.78, 5) is 10.6. The predicted octanol–water partition coefficient (Wildman–Crippen LogP) is 3.42. The molecule has 0 amide bonds. The van der Waals surface area contributed by atoms with Gasteiger partial charge < -0.3 is 0 Å². The van der Waals surface area contributed by atoms with E-state index in [9.17, 15) is 9.18 Å². The highest BCUT2D eigenvalue weighted by atomic mass is 35.6. The van der Waals surface area contributed by atoms with E-state index in [-0.39, 0.29) is 11.8 Å². The third-order valence-electron chi connectivity index (χ3n) is 1.77. The Morgan fingerprint density at radius 2 is 1.64 bits per heavy atom. The minimum atomic E-state index is -2.61. The zero-order chi connectivity index (χ0) is 10.8. The lowest BCUT2D eigenvalue weighted by molar-refractivity contribution is -0.118. The van der Waals surface area contributed by atoms with Crippen LogP contribution < -0.4 is 0 Å². The zero-order valence-electron chi connectivity index (χ0n) is 6.88. The van der Waals surface area contributed by atoms with E-state index in [4.69, 9.17) is 34.8 Å². The maximum atomic E-state index is 14.0. The molecular formula is C9H6Cl3FO. The Morgan fingerprint density at radius 3 is 2.00 bits per heavy atom. The molecule has 0 aliphatic rings. The largest absolute Gasteiger partial charge is 0.299 e. The van der Waals surface area contributed by atoms with Crippen LogP contribution in [0.15, 0.2) is 30.3 Å². The van der Waals surface area contributed by atoms with Gasteiger partial charge in [-0.25, -0.2) is 4.39 Å². The van der Waals surface area contributed by atoms with Gasteiger partial charge in [-0.05, 0) is 0 Å². The van der Waals surface area contributed by atoms with Crippen molar-refractivity contribution in [1.29, 1.82) is 0 Å². The third-order valence-corrected chi connectivity index (χ3v) is 2.59. The van der Waals surface area contributed by atoms with Crippen LogP contribution >= 0.6 is 34.8 Å². The van der Waals surface area contributed by atoms with E-state index in [0.717, 1.165) is 0 Å². The molecule has 0 N–H and O–H groups in total. The summed E-state index contributed by atoms with van der Waals surface area (Å²) in [6.07, 6.45) is -0.00463. The predicted molar refractivity (Wildman–Crippen MR) is 55.6 cm³/mol. The first kappa shape index (κ1) is 11.8. The van der Waals surface area contributed by atoms with E-state index >= 15 is 0 Å². The standard InChI is InChI=1S/C9H6Cl3FO/c10-9(11,12)8(13,6-14)7-4-2-1-3-5-7/h1-6H. The van der Waals surface area contributed by atoms with Crippen molar-refractivity contribution in [3.63, 3.8) is 0 Å². The number of halogens is 4. The minimum Gasteiger partial charge on any atom is -0.299 e. The van der Waals surface area contributed by atoms with Crippen LogP contribution in [0.25, 0.3) is 0 Å². The second-order valence-electron chi connectivity index (χ2n) is 2.69. The normalized spacial score (nSPS) is 16.0. The molecule has 76 valence electrons. The zero-order valence-corrected chi connectivity index (χ0v) is 9.15. The lowest BCUT2D eigenvalue weighted by Gasteiger charge is -2.26. The van der Waals surface area contributed by atoms with Gasteiger partial charge in [0.05, 0.1) is 0 Å². The molecule has 0 fully saturated rings. The van der Waals surface area contributed by atoms with Gasteiger partial charge in [-0.3, -0.25) is 4.79 Å². The molecule has 0 heterocycles. The van der Waals surface area contributed by atoms with E-state index in [1.807, 2.05) is 0 Å². The number of rotatable bonds is 2. The van der Waals surface area contributed by atoms with E-state index in [0.29, 0.717) is 0 Å². The minimum absolute atomic E-state index is 0.00463. The van der Waals surface area contributed by atoms with Crippen LogP contribution in [0.2, 0.25) is 0 Å². The lowest BCUT2D eigenvalue weighted by atomic mass is 9.99. The molecule has 0 bridgehead atoms. The maximum absolute atomic E-state index is 14.0. The quantitative estimate of drug-likeness (QED) is 0.584. The van der Waals surface area contributed by atoms with Gasteiger partial charge in [0.2, 0.25) is 9.46 Å². The van der Waals surface area contributed by atoms with Crippen LogP contribution in [-0.4, -0.2) is 10.1 Å². The number of aldehydes is 1. The second-order valence-corrected chi connectivity index (χ2v) is 4.97. The Morgan fingerprint density at radius 1 is 1.14 bits per heavy atom. The number of alkyl halides is 4. The number of hydrogen-bond acceptors (Lipinski definition) is 1. The van der Waals surface area contributed by atoms with Crippen molar-refractivity contribution < 1.29 is 9.18 Å². The van der Waals surface area contributed by atoms with Crippen molar-refractivity contribution in [3.05, 3.63) is 35.9 Å². The van der Waals surface area contributed by atoms with Gasteiger partial charge in [-0.1, -0.05) is 65.1 Å². The van der Waals surface area contributed by atoms with Gasteiger partial charge in [0, 0.05) is 5.56 Å². The van der Waals surface area contributed by atoms with Crippen molar-refractivity contribution in [3.8, 4) is 0 Å². The Balaban J connectivity index is 3.22. The fraction of sp³-hybridized carbons (Fsp3) is 0.222. The Hall–Kier alpha value is -0.310. The van der Waals surface area contributed by atoms with E-state index in [1.54, 1.807) is 18.2 Å². The molecule has 0 aliphatic carbocycles. The van der Waals surface area contributed by atoms with Crippen molar-refractivity contribution in [1.82, 2.24) is 0 Å². The van der Waals surface area contributed by atoms with E-state index in [1.165, 1.54) is 12.1 Å². The maximum Gasteiger partial charge on any atom is 0.237 e. The fourth-order valence-corrected chi connectivity index (χ4v) is 1.44. The molecule has 1 aromatic rings. The van der Waals surface area contributed by atoms with Gasteiger partial charge in [0.25, 0.3) is 0 Å². The van der Waals surface area contributed by atoms with Crippen LogP contribution in [0.5, 0.6) is 0 Å². The highest BCUT2D eigenvalue weighted by Crippen LogP contribution is 2.46. The summed E-state index contributed by atoms with van der Waals surface area (Å²) in [5.41, 5.74) is -2.59. The highest BCUT2D eigenvalue weighted by molar-refractivity contribution is 6.69. The number of carbonyl (C=O) groups is 1. The first-order valence-corrected chi connectivity index (χ1v) is 4.82. The van der Waals surface area contributed by atoms with Crippen molar-refractivity contribution in [2.45, 2.75) is 9.46 Å². The SMILES string of the molecule is O=CC(F)(c1ccccc1)C(Cl)(Cl)Cl. The molecule has 5 heteroatoms. The fourth-order valence-electron chi connectivity index (χ4n) is 0.979. The molecule has 0 aliphatic heterocycles. The summed E-state index contributed by atoms with van der Waals surface area (Å²) < 4.78 is 11.7. The van der Waals surface area contributed by atoms with Crippen LogP contribution in [0.4, 0.5) is 4.39 Å². The molecule has 1 nitrogen and oxygen atoms in total. The summed E-state index contributed by atoms with van der Waals surface area (Å²) in [6, 6.07) is 7.56. The van der Waals surface area contributed by atoms with Crippen molar-refractivity contribution >= 4 is 41.1 Å². The van der Waals surface area contributed by atoms with Crippen molar-refractivity contribution in [2.24, 2.45) is 0 Å². The Kier molecular flexibility index (Phi) is 3.40. The summed E-state index contributed by atoms with van der Waals surface area (Å²) in [5, 5.41) is 0. The van der Waals surface area contributed by atoms with Gasteiger partial charge >= 0.3 is 0 Å². The molecule has 0 saturated heterocycles. The molecule has 1 unspecified atom stereocenters. The summed E-state index contributed by atoms with van der Waals surface area (Å²) in [7, 11) is 0. The summed E-state index contributed by atoms with van der Waals surface area (Å²) in [5.74, 6) is 0. The van der Waals surface area contributed by atoms with Crippen LogP contribution in [0.1, 0.15) is 5.56 Å². The first-order chi connectivity index (χ1) is 6.42. The second kappa shape index (κ2) is 4.05. The van der Waals surface area contributed by atoms with Gasteiger partial charge in [0.15, 0.2) is 6.29 Å². The first-order valence-electron chi connectivity index (χ1n) is 3.69. The van der Waals surface area contributed by atoms with Gasteiger partial charge in [-0.15, -0.1) is 0 Å². The van der Waals surface area contributed by atoms with E-state index in [2.05, 4.69) is 0 Å². The average molecular weight is 256 g/mol. The molecule has 0 saturated carbocycles. The van der Waals surface area contributed by atoms with Crippen molar-refractivity contribution in [2.75, 3.05) is 0 Å². The smallest absolute Gasteiger partial charge is 0.237 e. The monoisotopic (exact) mass is 254 g/mol. The Labute approximate surface area is 95.8 Å². The molecule has 0 radical (unpaired) electrons. The van der Waals surface area contributed by atoms with Crippen LogP contribution in [0, 0.1) is 0 Å².